The quantitative estimate of drug-likeness (QED) is 0.792. The number of phenolic OH excluding ortho intramolecular Hbond substituents is 1. The van der Waals surface area contributed by atoms with Crippen LogP contribution in [0.15, 0.2) is 45.8 Å². The minimum absolute atomic E-state index is 0.00579. The Balaban J connectivity index is 2.28. The van der Waals surface area contributed by atoms with Gasteiger partial charge < -0.3 is 23.7 Å². The Hall–Kier alpha value is -3.15. The highest BCUT2D eigenvalue weighted by atomic mass is 16.5. The second kappa shape index (κ2) is 6.16. The Bertz CT molecular complexity index is 958. The fraction of sp³-hybridized carbons (Fsp3) is 0.167. The van der Waals surface area contributed by atoms with Gasteiger partial charge in [-0.15, -0.1) is 0 Å². The Morgan fingerprint density at radius 3 is 2.38 bits per heavy atom. The Kier molecular flexibility index (Phi) is 4.04. The van der Waals surface area contributed by atoms with E-state index in [0.29, 0.717) is 33.6 Å². The lowest BCUT2D eigenvalue weighted by molar-refractivity contribution is 0.373. The predicted octanol–water partition coefficient (Wildman–Crippen LogP) is 3.19. The molecule has 0 amide bonds. The molecule has 0 atom stereocenters. The van der Waals surface area contributed by atoms with Gasteiger partial charge in [0.25, 0.3) is 0 Å². The van der Waals surface area contributed by atoms with E-state index in [0.717, 1.165) is 0 Å². The van der Waals surface area contributed by atoms with Gasteiger partial charge in [-0.05, 0) is 17.7 Å². The Labute approximate surface area is 137 Å². The summed E-state index contributed by atoms with van der Waals surface area (Å²) in [5.74, 6) is 1.16. The van der Waals surface area contributed by atoms with Crippen molar-refractivity contribution >= 4 is 11.0 Å². The lowest BCUT2D eigenvalue weighted by Crippen LogP contribution is -2.07. The largest absolute Gasteiger partial charge is 0.504 e. The average Bonchev–Trinajstić information content (AvgIpc) is 2.61. The number of fused-ring (bicyclic) bond motifs is 1. The van der Waals surface area contributed by atoms with E-state index in [-0.39, 0.29) is 16.9 Å². The van der Waals surface area contributed by atoms with E-state index in [9.17, 15) is 9.90 Å². The van der Waals surface area contributed by atoms with Gasteiger partial charge in [0.2, 0.25) is 5.43 Å². The van der Waals surface area contributed by atoms with Gasteiger partial charge in [0.05, 0.1) is 26.9 Å². The molecule has 0 unspecified atom stereocenters. The maximum absolute atomic E-state index is 12.9. The zero-order valence-corrected chi connectivity index (χ0v) is 13.5. The van der Waals surface area contributed by atoms with Crippen LogP contribution in [0.2, 0.25) is 0 Å². The molecule has 2 aromatic carbocycles. The summed E-state index contributed by atoms with van der Waals surface area (Å²) in [6, 6.07) is 7.90. The van der Waals surface area contributed by atoms with E-state index in [1.165, 1.54) is 33.7 Å². The summed E-state index contributed by atoms with van der Waals surface area (Å²) >= 11 is 0. The number of aromatic hydroxyl groups is 1. The van der Waals surface area contributed by atoms with Crippen molar-refractivity contribution in [2.75, 3.05) is 21.3 Å². The number of phenols is 1. The van der Waals surface area contributed by atoms with Crippen molar-refractivity contribution in [2.45, 2.75) is 0 Å². The monoisotopic (exact) mass is 328 g/mol. The number of methoxy groups -OCH3 is 3. The summed E-state index contributed by atoms with van der Waals surface area (Å²) < 4.78 is 21.2. The van der Waals surface area contributed by atoms with Gasteiger partial charge in [0.1, 0.15) is 28.7 Å². The van der Waals surface area contributed by atoms with Crippen LogP contribution in [0.3, 0.4) is 0 Å². The Morgan fingerprint density at radius 2 is 1.71 bits per heavy atom. The lowest BCUT2D eigenvalue weighted by atomic mass is 10.0. The van der Waals surface area contributed by atoms with Crippen molar-refractivity contribution in [2.24, 2.45) is 0 Å². The zero-order valence-electron chi connectivity index (χ0n) is 13.5. The molecule has 0 radical (unpaired) electrons. The molecule has 3 aromatic rings. The summed E-state index contributed by atoms with van der Waals surface area (Å²) in [7, 11) is 4.44. The highest BCUT2D eigenvalue weighted by molar-refractivity contribution is 5.88. The summed E-state index contributed by atoms with van der Waals surface area (Å²) in [6.07, 6.45) is 1.37. The topological polar surface area (TPSA) is 78.1 Å². The van der Waals surface area contributed by atoms with Crippen LogP contribution in [-0.4, -0.2) is 26.4 Å². The summed E-state index contributed by atoms with van der Waals surface area (Å²) in [6.45, 7) is 0. The third kappa shape index (κ3) is 2.52. The van der Waals surface area contributed by atoms with E-state index in [1.807, 2.05) is 0 Å². The molecule has 0 saturated carbocycles. The molecule has 1 N–H and O–H groups in total. The van der Waals surface area contributed by atoms with Gasteiger partial charge in [-0.1, -0.05) is 6.07 Å². The fourth-order valence-electron chi connectivity index (χ4n) is 2.52. The first-order valence-corrected chi connectivity index (χ1v) is 7.14. The van der Waals surface area contributed by atoms with Crippen LogP contribution in [0.5, 0.6) is 23.0 Å². The molecule has 0 aliphatic carbocycles. The molecule has 1 aromatic heterocycles. The second-order valence-electron chi connectivity index (χ2n) is 5.07. The number of rotatable bonds is 4. The van der Waals surface area contributed by atoms with Crippen LogP contribution in [0.4, 0.5) is 0 Å². The molecule has 0 fully saturated rings. The van der Waals surface area contributed by atoms with E-state index < -0.39 is 0 Å². The number of ether oxygens (including phenoxy) is 3. The minimum atomic E-state index is -0.247. The van der Waals surface area contributed by atoms with Gasteiger partial charge >= 0.3 is 0 Å². The van der Waals surface area contributed by atoms with Crippen LogP contribution >= 0.6 is 0 Å². The SMILES string of the molecule is COc1cc(OC)c2c(=O)c(-c3ccc(O)c(OC)c3)coc2c1. The summed E-state index contributed by atoms with van der Waals surface area (Å²) in [4.78, 5) is 12.9. The molecule has 0 saturated heterocycles. The van der Waals surface area contributed by atoms with Crippen molar-refractivity contribution in [3.8, 4) is 34.1 Å². The lowest BCUT2D eigenvalue weighted by Gasteiger charge is -2.10. The molecule has 1 heterocycles. The number of hydrogen-bond donors (Lipinski definition) is 1. The number of benzene rings is 2. The highest BCUT2D eigenvalue weighted by Gasteiger charge is 2.16. The first kappa shape index (κ1) is 15.7. The Morgan fingerprint density at radius 1 is 0.958 bits per heavy atom. The molecule has 6 nitrogen and oxygen atoms in total. The molecular weight excluding hydrogens is 312 g/mol. The van der Waals surface area contributed by atoms with Gasteiger partial charge in [-0.2, -0.15) is 0 Å². The van der Waals surface area contributed by atoms with Crippen molar-refractivity contribution in [1.82, 2.24) is 0 Å². The second-order valence-corrected chi connectivity index (χ2v) is 5.07. The molecule has 0 aliphatic heterocycles. The van der Waals surface area contributed by atoms with Crippen LogP contribution in [0.25, 0.3) is 22.1 Å². The maximum atomic E-state index is 12.9. The molecule has 0 spiro atoms. The van der Waals surface area contributed by atoms with Gasteiger partial charge in [-0.25, -0.2) is 0 Å². The average molecular weight is 328 g/mol. The van der Waals surface area contributed by atoms with Crippen molar-refractivity contribution in [1.29, 1.82) is 0 Å². The third-order valence-electron chi connectivity index (χ3n) is 3.76. The van der Waals surface area contributed by atoms with Crippen LogP contribution < -0.4 is 19.6 Å². The summed E-state index contributed by atoms with van der Waals surface area (Å²) in [5.41, 5.74) is 1.02. The van der Waals surface area contributed by atoms with E-state index >= 15 is 0 Å². The first-order chi connectivity index (χ1) is 11.6. The van der Waals surface area contributed by atoms with E-state index in [1.54, 1.807) is 24.3 Å². The van der Waals surface area contributed by atoms with Gasteiger partial charge in [0, 0.05) is 12.1 Å². The van der Waals surface area contributed by atoms with Crippen molar-refractivity contribution in [3.63, 3.8) is 0 Å². The minimum Gasteiger partial charge on any atom is -0.504 e. The van der Waals surface area contributed by atoms with Crippen LogP contribution in [0.1, 0.15) is 0 Å². The highest BCUT2D eigenvalue weighted by Crippen LogP contribution is 2.33. The van der Waals surface area contributed by atoms with Gasteiger partial charge in [0.15, 0.2) is 11.5 Å². The normalized spacial score (nSPS) is 10.6. The maximum Gasteiger partial charge on any atom is 0.204 e. The fourth-order valence-corrected chi connectivity index (χ4v) is 2.52. The first-order valence-electron chi connectivity index (χ1n) is 7.14. The van der Waals surface area contributed by atoms with Crippen LogP contribution in [0, 0.1) is 0 Å². The molecule has 24 heavy (non-hydrogen) atoms. The third-order valence-corrected chi connectivity index (χ3v) is 3.76. The van der Waals surface area contributed by atoms with E-state index in [2.05, 4.69) is 0 Å². The molecule has 3 rings (SSSR count). The molecule has 124 valence electrons. The van der Waals surface area contributed by atoms with E-state index in [4.69, 9.17) is 18.6 Å². The zero-order chi connectivity index (χ0) is 17.3. The van der Waals surface area contributed by atoms with Crippen molar-refractivity contribution < 1.29 is 23.7 Å². The number of hydrogen-bond acceptors (Lipinski definition) is 6. The van der Waals surface area contributed by atoms with Crippen LogP contribution in [-0.2, 0) is 0 Å². The summed E-state index contributed by atoms with van der Waals surface area (Å²) in [5, 5.41) is 10.0. The predicted molar refractivity (Wildman–Crippen MR) is 89.2 cm³/mol. The van der Waals surface area contributed by atoms with Gasteiger partial charge in [-0.3, -0.25) is 4.79 Å². The molecular formula is C18H16O6. The molecule has 0 aliphatic rings. The smallest absolute Gasteiger partial charge is 0.204 e. The molecule has 6 heteroatoms. The standard InChI is InChI=1S/C18H16O6/c1-21-11-7-15(23-3)17-16(8-11)24-9-12(18(17)20)10-4-5-13(19)14(6-10)22-2/h4-9,19H,1-3H3. The molecule has 0 bridgehead atoms. The van der Waals surface area contributed by atoms with Crippen molar-refractivity contribution in [3.05, 3.63) is 46.8 Å².